The van der Waals surface area contributed by atoms with Gasteiger partial charge in [-0.15, -0.1) is 0 Å². The zero-order valence-electron chi connectivity index (χ0n) is 11.6. The zero-order chi connectivity index (χ0) is 15.5. The van der Waals surface area contributed by atoms with E-state index in [4.69, 9.17) is 4.42 Å². The van der Waals surface area contributed by atoms with Gasteiger partial charge in [0.15, 0.2) is 0 Å². The second-order valence-electron chi connectivity index (χ2n) is 4.88. The standard InChI is InChI=1S/C17H13F2NO2/c18-12-5-6-14(15(19)10-12)17(21)20-8-7-13-9-11-3-1-2-4-16(11)22-13/h1-6,9-10H,7-8H2,(H,20,21). The Morgan fingerprint density at radius 2 is 1.91 bits per heavy atom. The van der Waals surface area contributed by atoms with Crippen molar-refractivity contribution >= 4 is 16.9 Å². The van der Waals surface area contributed by atoms with Gasteiger partial charge in [-0.1, -0.05) is 18.2 Å². The first-order valence-electron chi connectivity index (χ1n) is 6.84. The van der Waals surface area contributed by atoms with Crippen molar-refractivity contribution in [3.8, 4) is 0 Å². The smallest absolute Gasteiger partial charge is 0.254 e. The summed E-state index contributed by atoms with van der Waals surface area (Å²) in [6.45, 7) is 0.301. The van der Waals surface area contributed by atoms with Gasteiger partial charge in [-0.2, -0.15) is 0 Å². The van der Waals surface area contributed by atoms with Crippen molar-refractivity contribution in [3.63, 3.8) is 0 Å². The lowest BCUT2D eigenvalue weighted by Crippen LogP contribution is -2.26. The summed E-state index contributed by atoms with van der Waals surface area (Å²) in [5.41, 5.74) is 0.611. The second kappa shape index (κ2) is 5.97. The third kappa shape index (κ3) is 2.98. The fourth-order valence-corrected chi connectivity index (χ4v) is 2.23. The molecule has 3 nitrogen and oxygen atoms in total. The molecule has 0 spiro atoms. The number of benzene rings is 2. The summed E-state index contributed by atoms with van der Waals surface area (Å²) in [7, 11) is 0. The van der Waals surface area contributed by atoms with Crippen LogP contribution in [0.5, 0.6) is 0 Å². The van der Waals surface area contributed by atoms with E-state index in [0.717, 1.165) is 28.9 Å². The number of rotatable bonds is 4. The Hall–Kier alpha value is -2.69. The first-order chi connectivity index (χ1) is 10.6. The fourth-order valence-electron chi connectivity index (χ4n) is 2.23. The molecule has 1 heterocycles. The highest BCUT2D eigenvalue weighted by Crippen LogP contribution is 2.18. The van der Waals surface area contributed by atoms with Crippen LogP contribution in [0, 0.1) is 11.6 Å². The number of amides is 1. The SMILES string of the molecule is O=C(NCCc1cc2ccccc2o1)c1ccc(F)cc1F. The first-order valence-corrected chi connectivity index (χ1v) is 6.84. The maximum absolute atomic E-state index is 13.5. The number of fused-ring (bicyclic) bond motifs is 1. The lowest BCUT2D eigenvalue weighted by atomic mass is 10.2. The number of furan rings is 1. The lowest BCUT2D eigenvalue weighted by Gasteiger charge is -2.05. The van der Waals surface area contributed by atoms with Gasteiger partial charge in [0, 0.05) is 24.4 Å². The molecule has 112 valence electrons. The summed E-state index contributed by atoms with van der Waals surface area (Å²) in [6.07, 6.45) is 0.489. The molecule has 0 aliphatic rings. The molecule has 22 heavy (non-hydrogen) atoms. The first kappa shape index (κ1) is 14.3. The average Bonchev–Trinajstić information content (AvgIpc) is 2.89. The summed E-state index contributed by atoms with van der Waals surface area (Å²) in [5, 5.41) is 3.58. The number of hydrogen-bond donors (Lipinski definition) is 1. The summed E-state index contributed by atoms with van der Waals surface area (Å²) in [5.74, 6) is -1.42. The van der Waals surface area contributed by atoms with Crippen molar-refractivity contribution in [2.24, 2.45) is 0 Å². The van der Waals surface area contributed by atoms with Crippen LogP contribution in [0.4, 0.5) is 8.78 Å². The van der Waals surface area contributed by atoms with Gasteiger partial charge >= 0.3 is 0 Å². The van der Waals surface area contributed by atoms with Crippen LogP contribution in [0.15, 0.2) is 52.9 Å². The molecule has 0 aliphatic carbocycles. The predicted octanol–water partition coefficient (Wildman–Crippen LogP) is 3.68. The van der Waals surface area contributed by atoms with Crippen LogP contribution in [0.1, 0.15) is 16.1 Å². The molecule has 0 fully saturated rings. The normalized spacial score (nSPS) is 10.8. The monoisotopic (exact) mass is 301 g/mol. The molecule has 0 bridgehead atoms. The number of carbonyl (C=O) groups excluding carboxylic acids is 1. The summed E-state index contributed by atoms with van der Waals surface area (Å²) < 4.78 is 31.9. The van der Waals surface area contributed by atoms with Crippen LogP contribution in [0.25, 0.3) is 11.0 Å². The van der Waals surface area contributed by atoms with E-state index in [1.807, 2.05) is 30.3 Å². The van der Waals surface area contributed by atoms with E-state index in [-0.39, 0.29) is 5.56 Å². The summed E-state index contributed by atoms with van der Waals surface area (Å²) in [6, 6.07) is 12.4. The third-order valence-electron chi connectivity index (χ3n) is 3.31. The number of hydrogen-bond acceptors (Lipinski definition) is 2. The molecule has 1 N–H and O–H groups in total. The minimum absolute atomic E-state index is 0.175. The van der Waals surface area contributed by atoms with Gasteiger partial charge in [0.1, 0.15) is 23.0 Å². The second-order valence-corrected chi connectivity index (χ2v) is 4.88. The Kier molecular flexibility index (Phi) is 3.87. The van der Waals surface area contributed by atoms with E-state index in [2.05, 4.69) is 5.32 Å². The highest BCUT2D eigenvalue weighted by Gasteiger charge is 2.12. The van der Waals surface area contributed by atoms with Crippen LogP contribution in [0.3, 0.4) is 0 Å². The number of nitrogens with one attached hydrogen (secondary N) is 1. The van der Waals surface area contributed by atoms with Gasteiger partial charge < -0.3 is 9.73 Å². The molecule has 0 atom stereocenters. The maximum Gasteiger partial charge on any atom is 0.254 e. The largest absolute Gasteiger partial charge is 0.461 e. The fraction of sp³-hybridized carbons (Fsp3) is 0.118. The van der Waals surface area contributed by atoms with Crippen molar-refractivity contribution < 1.29 is 18.0 Å². The molecular weight excluding hydrogens is 288 g/mol. The van der Waals surface area contributed by atoms with Gasteiger partial charge in [0.05, 0.1) is 5.56 Å². The minimum atomic E-state index is -0.874. The van der Waals surface area contributed by atoms with Crippen LogP contribution in [0.2, 0.25) is 0 Å². The van der Waals surface area contributed by atoms with Gasteiger partial charge in [0.25, 0.3) is 5.91 Å². The molecule has 1 aromatic heterocycles. The Bertz CT molecular complexity index is 793. The Balaban J connectivity index is 1.61. The van der Waals surface area contributed by atoms with Gasteiger partial charge in [0.2, 0.25) is 0 Å². The molecule has 0 unspecified atom stereocenters. The summed E-state index contributed by atoms with van der Waals surface area (Å²) >= 11 is 0. The number of para-hydroxylation sites is 1. The third-order valence-corrected chi connectivity index (χ3v) is 3.31. The molecule has 3 rings (SSSR count). The summed E-state index contributed by atoms with van der Waals surface area (Å²) in [4.78, 5) is 11.8. The molecule has 0 aliphatic heterocycles. The average molecular weight is 301 g/mol. The van der Waals surface area contributed by atoms with Crippen molar-refractivity contribution in [2.45, 2.75) is 6.42 Å². The Morgan fingerprint density at radius 1 is 1.09 bits per heavy atom. The van der Waals surface area contributed by atoms with Crippen LogP contribution < -0.4 is 5.32 Å². The van der Waals surface area contributed by atoms with Crippen molar-refractivity contribution in [3.05, 3.63) is 71.5 Å². The van der Waals surface area contributed by atoms with Crippen molar-refractivity contribution in [1.82, 2.24) is 5.32 Å². The van der Waals surface area contributed by atoms with Crippen molar-refractivity contribution in [2.75, 3.05) is 6.54 Å². The number of halogens is 2. The topological polar surface area (TPSA) is 42.2 Å². The van der Waals surface area contributed by atoms with Gasteiger partial charge in [-0.3, -0.25) is 4.79 Å². The number of carbonyl (C=O) groups is 1. The predicted molar refractivity (Wildman–Crippen MR) is 78.6 cm³/mol. The molecule has 0 radical (unpaired) electrons. The molecule has 0 saturated heterocycles. The van der Waals surface area contributed by atoms with Gasteiger partial charge in [-0.05, 0) is 24.3 Å². The van der Waals surface area contributed by atoms with E-state index < -0.39 is 17.5 Å². The maximum atomic E-state index is 13.5. The van der Waals surface area contributed by atoms with Crippen LogP contribution in [-0.2, 0) is 6.42 Å². The van der Waals surface area contributed by atoms with E-state index in [0.29, 0.717) is 19.0 Å². The van der Waals surface area contributed by atoms with Crippen LogP contribution >= 0.6 is 0 Å². The Morgan fingerprint density at radius 3 is 2.68 bits per heavy atom. The highest BCUT2D eigenvalue weighted by atomic mass is 19.1. The van der Waals surface area contributed by atoms with Gasteiger partial charge in [-0.25, -0.2) is 8.78 Å². The molecule has 5 heteroatoms. The molecular formula is C17H13F2NO2. The minimum Gasteiger partial charge on any atom is -0.461 e. The molecule has 2 aromatic carbocycles. The quantitative estimate of drug-likeness (QED) is 0.798. The van der Waals surface area contributed by atoms with E-state index >= 15 is 0 Å². The highest BCUT2D eigenvalue weighted by molar-refractivity contribution is 5.94. The molecule has 3 aromatic rings. The van der Waals surface area contributed by atoms with E-state index in [9.17, 15) is 13.6 Å². The molecule has 1 amide bonds. The lowest BCUT2D eigenvalue weighted by molar-refractivity contribution is 0.0949. The van der Waals surface area contributed by atoms with Crippen molar-refractivity contribution in [1.29, 1.82) is 0 Å². The Labute approximate surface area is 125 Å². The molecule has 0 saturated carbocycles. The van der Waals surface area contributed by atoms with Crippen LogP contribution in [-0.4, -0.2) is 12.5 Å². The van der Waals surface area contributed by atoms with E-state index in [1.165, 1.54) is 0 Å². The van der Waals surface area contributed by atoms with E-state index in [1.54, 1.807) is 0 Å². The zero-order valence-corrected chi connectivity index (χ0v) is 11.6.